The van der Waals surface area contributed by atoms with Gasteiger partial charge in [0.05, 0.1) is 0 Å². The summed E-state index contributed by atoms with van der Waals surface area (Å²) in [5.41, 5.74) is 1.22. The monoisotopic (exact) mass is 281 g/mol. The van der Waals surface area contributed by atoms with E-state index in [1.165, 1.54) is 5.57 Å². The molecule has 4 heteroatoms. The average molecular weight is 281 g/mol. The first-order valence-electron chi connectivity index (χ1n) is 7.68. The van der Waals surface area contributed by atoms with Crippen molar-refractivity contribution in [2.45, 2.75) is 39.4 Å². The maximum absolute atomic E-state index is 10.2. The molecule has 20 heavy (non-hydrogen) atoms. The van der Waals surface area contributed by atoms with Crippen molar-refractivity contribution in [3.05, 3.63) is 23.5 Å². The van der Waals surface area contributed by atoms with E-state index in [9.17, 15) is 10.2 Å². The molecule has 2 aliphatic rings. The summed E-state index contributed by atoms with van der Waals surface area (Å²) in [5.74, 6) is 1.33. The number of rotatable bonds is 5. The molecule has 0 radical (unpaired) electrons. The molecule has 0 bridgehead atoms. The summed E-state index contributed by atoms with van der Waals surface area (Å²) in [4.78, 5) is 0. The van der Waals surface area contributed by atoms with E-state index in [0.29, 0.717) is 24.2 Å². The first-order valence-corrected chi connectivity index (χ1v) is 7.68. The number of piperidine rings is 1. The number of aliphatic hydroxyl groups is 2. The molecule has 0 amide bonds. The van der Waals surface area contributed by atoms with Crippen molar-refractivity contribution < 1.29 is 14.9 Å². The third kappa shape index (κ3) is 4.08. The van der Waals surface area contributed by atoms with Gasteiger partial charge in [-0.3, -0.25) is 0 Å². The Kier molecular flexibility index (Phi) is 5.64. The molecule has 0 spiro atoms. The first kappa shape index (κ1) is 15.5. The predicted molar refractivity (Wildman–Crippen MR) is 79.3 cm³/mol. The van der Waals surface area contributed by atoms with Crippen LogP contribution in [0.15, 0.2) is 23.5 Å². The smallest absolute Gasteiger partial charge is 0.157 e. The Hall–Kier alpha value is -0.840. The zero-order valence-corrected chi connectivity index (χ0v) is 12.5. The number of hydrogen-bond donors (Lipinski definition) is 3. The van der Waals surface area contributed by atoms with Crippen molar-refractivity contribution in [2.75, 3.05) is 19.7 Å². The second-order valence-electron chi connectivity index (χ2n) is 6.04. The lowest BCUT2D eigenvalue weighted by atomic mass is 9.77. The topological polar surface area (TPSA) is 61.7 Å². The van der Waals surface area contributed by atoms with Crippen molar-refractivity contribution in [3.63, 3.8) is 0 Å². The summed E-state index contributed by atoms with van der Waals surface area (Å²) >= 11 is 0. The number of aliphatic hydroxyl groups excluding tert-OH is 2. The van der Waals surface area contributed by atoms with E-state index in [4.69, 9.17) is 4.74 Å². The van der Waals surface area contributed by atoms with E-state index in [1.807, 2.05) is 19.1 Å². The molecule has 0 aromatic rings. The molecule has 3 N–H and O–H groups in total. The number of allylic oxidation sites excluding steroid dienone is 3. The second-order valence-corrected chi connectivity index (χ2v) is 6.04. The Balaban J connectivity index is 1.97. The molecule has 4 nitrogen and oxygen atoms in total. The maximum atomic E-state index is 10.2. The molecule has 1 fully saturated rings. The largest absolute Gasteiger partial charge is 0.508 e. The zero-order valence-electron chi connectivity index (χ0n) is 12.5. The van der Waals surface area contributed by atoms with E-state index in [2.05, 4.69) is 12.2 Å². The Labute approximate surface area is 121 Å². The van der Waals surface area contributed by atoms with Crippen LogP contribution in [0.5, 0.6) is 0 Å². The van der Waals surface area contributed by atoms with Crippen LogP contribution < -0.4 is 5.32 Å². The van der Waals surface area contributed by atoms with Gasteiger partial charge in [-0.1, -0.05) is 5.57 Å². The molecule has 114 valence electrons. The highest BCUT2D eigenvalue weighted by molar-refractivity contribution is 5.23. The van der Waals surface area contributed by atoms with Crippen molar-refractivity contribution in [2.24, 2.45) is 17.8 Å². The van der Waals surface area contributed by atoms with E-state index in [1.54, 1.807) is 0 Å². The van der Waals surface area contributed by atoms with Gasteiger partial charge >= 0.3 is 0 Å². The normalized spacial score (nSPS) is 32.5. The highest BCUT2D eigenvalue weighted by Gasteiger charge is 2.33. The van der Waals surface area contributed by atoms with Crippen molar-refractivity contribution >= 4 is 0 Å². The molecule has 0 aromatic heterocycles. The van der Waals surface area contributed by atoms with Crippen LogP contribution in [-0.2, 0) is 4.74 Å². The summed E-state index contributed by atoms with van der Waals surface area (Å²) in [5, 5.41) is 23.3. The van der Waals surface area contributed by atoms with E-state index >= 15 is 0 Å². The molecule has 4 atom stereocenters. The van der Waals surface area contributed by atoms with Crippen LogP contribution in [0.4, 0.5) is 0 Å². The lowest BCUT2D eigenvalue weighted by Gasteiger charge is -2.36. The Morgan fingerprint density at radius 2 is 2.30 bits per heavy atom. The highest BCUT2D eigenvalue weighted by Crippen LogP contribution is 2.33. The third-order valence-electron chi connectivity index (χ3n) is 4.36. The fourth-order valence-corrected chi connectivity index (χ4v) is 3.48. The van der Waals surface area contributed by atoms with Gasteiger partial charge in [0.15, 0.2) is 6.29 Å². The molecule has 1 aliphatic carbocycles. The minimum absolute atomic E-state index is 0.193. The molecule has 1 heterocycles. The Bertz CT molecular complexity index is 378. The molecule has 0 aromatic carbocycles. The van der Waals surface area contributed by atoms with Gasteiger partial charge in [0, 0.05) is 12.5 Å². The van der Waals surface area contributed by atoms with Crippen molar-refractivity contribution in [1.29, 1.82) is 0 Å². The SMILES string of the molecule is CCOC(O)C1CCNC[C@@H]1CC1C=C(O)C=C(C)C1. The van der Waals surface area contributed by atoms with Crippen LogP contribution in [0, 0.1) is 17.8 Å². The minimum atomic E-state index is -0.662. The van der Waals surface area contributed by atoms with Crippen LogP contribution in [0.25, 0.3) is 0 Å². The summed E-state index contributed by atoms with van der Waals surface area (Å²) < 4.78 is 5.39. The van der Waals surface area contributed by atoms with Gasteiger partial charge in [-0.25, -0.2) is 0 Å². The molecule has 1 saturated heterocycles. The van der Waals surface area contributed by atoms with Gasteiger partial charge in [0.2, 0.25) is 0 Å². The van der Waals surface area contributed by atoms with Gasteiger partial charge in [0.25, 0.3) is 0 Å². The molecule has 3 unspecified atom stereocenters. The predicted octanol–water partition coefficient (Wildman–Crippen LogP) is 2.37. The summed E-state index contributed by atoms with van der Waals surface area (Å²) in [6.07, 6.45) is 6.05. The third-order valence-corrected chi connectivity index (χ3v) is 4.36. The zero-order chi connectivity index (χ0) is 14.5. The standard InChI is InChI=1S/C16H27NO3/c1-3-20-16(19)15-4-5-17-10-13(15)8-12-6-11(2)7-14(18)9-12/h7,9,12-13,15-19H,3-6,8,10H2,1-2H3/t12?,13-,15?,16?/m0/s1. The fourth-order valence-electron chi connectivity index (χ4n) is 3.48. The van der Waals surface area contributed by atoms with Gasteiger partial charge in [0.1, 0.15) is 5.76 Å². The minimum Gasteiger partial charge on any atom is -0.508 e. The molecule has 2 rings (SSSR count). The van der Waals surface area contributed by atoms with Crippen LogP contribution in [0.1, 0.15) is 33.1 Å². The van der Waals surface area contributed by atoms with Crippen LogP contribution in [-0.4, -0.2) is 36.2 Å². The van der Waals surface area contributed by atoms with E-state index in [-0.39, 0.29) is 5.92 Å². The van der Waals surface area contributed by atoms with E-state index in [0.717, 1.165) is 32.4 Å². The van der Waals surface area contributed by atoms with Gasteiger partial charge in [-0.2, -0.15) is 0 Å². The molecular weight excluding hydrogens is 254 g/mol. The molecule has 0 saturated carbocycles. The quantitative estimate of drug-likeness (QED) is 0.677. The Morgan fingerprint density at radius 1 is 1.50 bits per heavy atom. The number of nitrogens with one attached hydrogen (secondary N) is 1. The van der Waals surface area contributed by atoms with Crippen molar-refractivity contribution in [1.82, 2.24) is 5.32 Å². The fraction of sp³-hybridized carbons (Fsp3) is 0.750. The van der Waals surface area contributed by atoms with Crippen LogP contribution in [0.2, 0.25) is 0 Å². The van der Waals surface area contributed by atoms with E-state index < -0.39 is 6.29 Å². The number of ether oxygens (including phenoxy) is 1. The molecule has 1 aliphatic heterocycles. The summed E-state index contributed by atoms with van der Waals surface area (Å²) in [7, 11) is 0. The summed E-state index contributed by atoms with van der Waals surface area (Å²) in [6.45, 7) is 6.37. The maximum Gasteiger partial charge on any atom is 0.157 e. The number of hydrogen-bond acceptors (Lipinski definition) is 4. The van der Waals surface area contributed by atoms with Crippen LogP contribution >= 0.6 is 0 Å². The first-order chi connectivity index (χ1) is 9.60. The second kappa shape index (κ2) is 7.25. The summed E-state index contributed by atoms with van der Waals surface area (Å²) in [6, 6.07) is 0. The highest BCUT2D eigenvalue weighted by atomic mass is 16.6. The lowest BCUT2D eigenvalue weighted by molar-refractivity contribution is -0.149. The van der Waals surface area contributed by atoms with Gasteiger partial charge in [-0.05, 0) is 70.2 Å². The average Bonchev–Trinajstić information content (AvgIpc) is 2.38. The Morgan fingerprint density at radius 3 is 3.00 bits per heavy atom. The lowest BCUT2D eigenvalue weighted by Crippen LogP contribution is -2.43. The van der Waals surface area contributed by atoms with Crippen LogP contribution in [0.3, 0.4) is 0 Å². The van der Waals surface area contributed by atoms with Gasteiger partial charge in [-0.15, -0.1) is 0 Å². The van der Waals surface area contributed by atoms with Gasteiger partial charge < -0.3 is 20.3 Å². The molecular formula is C16H27NO3. The van der Waals surface area contributed by atoms with Crippen molar-refractivity contribution in [3.8, 4) is 0 Å².